The molecule has 2 N–H and O–H groups in total. The second kappa shape index (κ2) is 10.3. The summed E-state index contributed by atoms with van der Waals surface area (Å²) in [5, 5.41) is 0. The minimum Gasteiger partial charge on any atom is -0.484 e. The summed E-state index contributed by atoms with van der Waals surface area (Å²) in [6.07, 6.45) is 0. The molecule has 0 unspecified atom stereocenters. The minimum absolute atomic E-state index is 0.219. The van der Waals surface area contributed by atoms with Crippen molar-refractivity contribution in [2.75, 3.05) is 13.2 Å². The number of ether oxygens (including phenoxy) is 2. The van der Waals surface area contributed by atoms with Gasteiger partial charge in [0.2, 0.25) is 0 Å². The maximum absolute atomic E-state index is 11.8. The summed E-state index contributed by atoms with van der Waals surface area (Å²) in [7, 11) is 0. The number of hydrogen-bond acceptors (Lipinski definition) is 4. The number of hydrogen-bond donors (Lipinski definition) is 2. The summed E-state index contributed by atoms with van der Waals surface area (Å²) < 4.78 is 11.7. The van der Waals surface area contributed by atoms with Crippen LogP contribution in [0.1, 0.15) is 0 Å². The van der Waals surface area contributed by atoms with E-state index in [2.05, 4.69) is 26.8 Å². The van der Waals surface area contributed by atoms with Crippen molar-refractivity contribution in [3.05, 3.63) is 83.3 Å². The molecule has 0 spiro atoms. The molecule has 3 aromatic rings. The van der Waals surface area contributed by atoms with Crippen LogP contribution in [0.3, 0.4) is 0 Å². The van der Waals surface area contributed by atoms with Gasteiger partial charge >= 0.3 is 0 Å². The molecule has 0 aliphatic heterocycles. The van der Waals surface area contributed by atoms with Gasteiger partial charge in [0.1, 0.15) is 11.5 Å². The Bertz CT molecular complexity index is 945. The number of rotatable bonds is 7. The summed E-state index contributed by atoms with van der Waals surface area (Å²) >= 11 is 3.32. The van der Waals surface area contributed by atoms with Crippen LogP contribution in [0.2, 0.25) is 0 Å². The van der Waals surface area contributed by atoms with Crippen LogP contribution in [0, 0.1) is 0 Å². The third kappa shape index (κ3) is 6.65. The Labute approximate surface area is 176 Å². The van der Waals surface area contributed by atoms with E-state index in [-0.39, 0.29) is 13.2 Å². The van der Waals surface area contributed by atoms with E-state index >= 15 is 0 Å². The molecule has 0 atom stereocenters. The van der Waals surface area contributed by atoms with Gasteiger partial charge in [-0.2, -0.15) is 0 Å². The Kier molecular flexibility index (Phi) is 7.24. The summed E-state index contributed by atoms with van der Waals surface area (Å²) in [5.41, 5.74) is 6.72. The summed E-state index contributed by atoms with van der Waals surface area (Å²) in [5.74, 6) is 0.157. The van der Waals surface area contributed by atoms with Crippen LogP contribution in [0.5, 0.6) is 11.5 Å². The third-order valence-electron chi connectivity index (χ3n) is 3.86. The van der Waals surface area contributed by atoms with Crippen molar-refractivity contribution in [3.8, 4) is 22.6 Å². The Morgan fingerprint density at radius 1 is 0.655 bits per heavy atom. The number of carbonyl (C=O) groups is 2. The van der Waals surface area contributed by atoms with E-state index < -0.39 is 11.8 Å². The highest BCUT2D eigenvalue weighted by Gasteiger charge is 2.07. The lowest BCUT2D eigenvalue weighted by molar-refractivity contribution is -0.131. The van der Waals surface area contributed by atoms with Gasteiger partial charge in [0.25, 0.3) is 11.8 Å². The van der Waals surface area contributed by atoms with Gasteiger partial charge in [-0.15, -0.1) is 0 Å². The van der Waals surface area contributed by atoms with Crippen molar-refractivity contribution in [2.45, 2.75) is 0 Å². The molecule has 6 nitrogen and oxygen atoms in total. The predicted octanol–water partition coefficient (Wildman–Crippen LogP) is 3.72. The lowest BCUT2D eigenvalue weighted by Crippen LogP contribution is -2.45. The van der Waals surface area contributed by atoms with Crippen molar-refractivity contribution >= 4 is 27.7 Å². The van der Waals surface area contributed by atoms with E-state index in [1.807, 2.05) is 42.5 Å². The molecule has 0 aliphatic carbocycles. The van der Waals surface area contributed by atoms with Gasteiger partial charge in [0, 0.05) is 4.47 Å². The normalized spacial score (nSPS) is 10.1. The second-order valence-corrected chi connectivity index (χ2v) is 6.93. The second-order valence-electron chi connectivity index (χ2n) is 6.02. The number of benzene rings is 3. The van der Waals surface area contributed by atoms with E-state index in [1.54, 1.807) is 36.4 Å². The van der Waals surface area contributed by atoms with E-state index in [0.29, 0.717) is 11.5 Å². The molecule has 0 fully saturated rings. The molecule has 3 aromatic carbocycles. The number of hydrazine groups is 1. The standard InChI is InChI=1S/C22H19BrN2O4/c23-18-8-12-20(13-9-18)29-15-22(27)25-24-21(26)14-28-19-10-6-17(7-11-19)16-4-2-1-3-5-16/h1-13H,14-15H2,(H,24,26)(H,25,27). The SMILES string of the molecule is O=C(COc1ccc(Br)cc1)NNC(=O)COc1ccc(-c2ccccc2)cc1. The molecule has 0 saturated heterocycles. The first-order valence-electron chi connectivity index (χ1n) is 8.84. The van der Waals surface area contributed by atoms with Gasteiger partial charge in [-0.05, 0) is 47.5 Å². The topological polar surface area (TPSA) is 76.7 Å². The van der Waals surface area contributed by atoms with Gasteiger partial charge in [-0.3, -0.25) is 20.4 Å². The van der Waals surface area contributed by atoms with E-state index in [0.717, 1.165) is 15.6 Å². The molecule has 3 rings (SSSR count). The number of halogens is 1. The predicted molar refractivity (Wildman–Crippen MR) is 113 cm³/mol. The number of nitrogens with one attached hydrogen (secondary N) is 2. The molecule has 0 bridgehead atoms. The van der Waals surface area contributed by atoms with E-state index in [1.165, 1.54) is 0 Å². The third-order valence-corrected chi connectivity index (χ3v) is 4.38. The summed E-state index contributed by atoms with van der Waals surface area (Å²) in [6.45, 7) is -0.442. The van der Waals surface area contributed by atoms with Crippen LogP contribution in [0.15, 0.2) is 83.3 Å². The summed E-state index contributed by atoms with van der Waals surface area (Å²) in [6, 6.07) is 24.4. The zero-order chi connectivity index (χ0) is 20.5. The van der Waals surface area contributed by atoms with Crippen LogP contribution in [0.25, 0.3) is 11.1 Å². The smallest absolute Gasteiger partial charge is 0.276 e. The molecule has 2 amide bonds. The zero-order valence-corrected chi connectivity index (χ0v) is 17.0. The zero-order valence-electron chi connectivity index (χ0n) is 15.4. The van der Waals surface area contributed by atoms with Gasteiger partial charge in [0.05, 0.1) is 0 Å². The fourth-order valence-corrected chi connectivity index (χ4v) is 2.68. The maximum Gasteiger partial charge on any atom is 0.276 e. The first-order chi connectivity index (χ1) is 14.1. The highest BCUT2D eigenvalue weighted by atomic mass is 79.9. The Morgan fingerprint density at radius 3 is 1.62 bits per heavy atom. The van der Waals surface area contributed by atoms with Crippen LogP contribution < -0.4 is 20.3 Å². The first-order valence-corrected chi connectivity index (χ1v) is 9.64. The molecule has 29 heavy (non-hydrogen) atoms. The largest absolute Gasteiger partial charge is 0.484 e. The van der Waals surface area contributed by atoms with Crippen molar-refractivity contribution in [2.24, 2.45) is 0 Å². The van der Waals surface area contributed by atoms with E-state index in [4.69, 9.17) is 9.47 Å². The fraction of sp³-hybridized carbons (Fsp3) is 0.0909. The fourth-order valence-electron chi connectivity index (χ4n) is 2.41. The molecule has 148 valence electrons. The lowest BCUT2D eigenvalue weighted by Gasteiger charge is -2.10. The van der Waals surface area contributed by atoms with Crippen molar-refractivity contribution in [1.29, 1.82) is 0 Å². The first kappa shape index (κ1) is 20.4. The quantitative estimate of drug-likeness (QED) is 0.533. The number of carbonyl (C=O) groups excluding carboxylic acids is 2. The maximum atomic E-state index is 11.8. The molecule has 7 heteroatoms. The van der Waals surface area contributed by atoms with Crippen LogP contribution in [-0.2, 0) is 9.59 Å². The van der Waals surface area contributed by atoms with Gasteiger partial charge < -0.3 is 9.47 Å². The van der Waals surface area contributed by atoms with E-state index in [9.17, 15) is 9.59 Å². The number of amides is 2. The average molecular weight is 455 g/mol. The van der Waals surface area contributed by atoms with Gasteiger partial charge in [-0.25, -0.2) is 0 Å². The Balaban J connectivity index is 1.37. The highest BCUT2D eigenvalue weighted by molar-refractivity contribution is 9.10. The van der Waals surface area contributed by atoms with Gasteiger partial charge in [0.15, 0.2) is 13.2 Å². The van der Waals surface area contributed by atoms with Crippen molar-refractivity contribution in [3.63, 3.8) is 0 Å². The lowest BCUT2D eigenvalue weighted by atomic mass is 10.1. The molecule has 0 saturated carbocycles. The Morgan fingerprint density at radius 2 is 1.10 bits per heavy atom. The molecule has 0 heterocycles. The average Bonchev–Trinajstić information content (AvgIpc) is 2.77. The van der Waals surface area contributed by atoms with Crippen LogP contribution in [-0.4, -0.2) is 25.0 Å². The Hall–Kier alpha value is -3.32. The molecule has 0 aliphatic rings. The minimum atomic E-state index is -0.478. The molecule has 0 aromatic heterocycles. The highest BCUT2D eigenvalue weighted by Crippen LogP contribution is 2.22. The molecular formula is C22H19BrN2O4. The van der Waals surface area contributed by atoms with Crippen LogP contribution >= 0.6 is 15.9 Å². The van der Waals surface area contributed by atoms with Crippen molar-refractivity contribution in [1.82, 2.24) is 10.9 Å². The monoisotopic (exact) mass is 454 g/mol. The van der Waals surface area contributed by atoms with Gasteiger partial charge in [-0.1, -0.05) is 58.4 Å². The van der Waals surface area contributed by atoms with Crippen molar-refractivity contribution < 1.29 is 19.1 Å². The molecular weight excluding hydrogens is 436 g/mol. The summed E-state index contributed by atoms with van der Waals surface area (Å²) in [4.78, 5) is 23.6. The van der Waals surface area contributed by atoms with Crippen LogP contribution in [0.4, 0.5) is 0 Å². The molecule has 0 radical (unpaired) electrons.